The van der Waals surface area contributed by atoms with Gasteiger partial charge in [-0.25, -0.2) is 0 Å². The van der Waals surface area contributed by atoms with Crippen LogP contribution in [0, 0.1) is 0 Å². The lowest BCUT2D eigenvalue weighted by Gasteiger charge is -2.26. The van der Waals surface area contributed by atoms with Crippen LogP contribution in [0.2, 0.25) is 0 Å². The molecule has 0 aliphatic carbocycles. The molecule has 0 spiro atoms. The summed E-state index contributed by atoms with van der Waals surface area (Å²) in [6.07, 6.45) is 0. The van der Waals surface area contributed by atoms with Crippen molar-refractivity contribution in [3.05, 3.63) is 35.9 Å². The van der Waals surface area contributed by atoms with Crippen molar-refractivity contribution in [2.45, 2.75) is 6.54 Å². The van der Waals surface area contributed by atoms with Gasteiger partial charge in [0.1, 0.15) is 0 Å². The average Bonchev–Trinajstić information content (AvgIpc) is 2.62. The third-order valence-corrected chi connectivity index (χ3v) is 4.13. The van der Waals surface area contributed by atoms with E-state index in [0.717, 1.165) is 65.0 Å². The second-order valence-corrected chi connectivity index (χ2v) is 6.10. The standard InChI is InChI=1S/C18H31N5O.HI/c1-19-18(21-9-11-23-12-14-24-15-13-23)20-8-10-22(2)16-17-6-4-3-5-7-17;/h3-7H,8-16H2,1-2H3,(H2,19,20,21);1H. The minimum atomic E-state index is 0. The number of ether oxygens (including phenoxy) is 1. The summed E-state index contributed by atoms with van der Waals surface area (Å²) in [6, 6.07) is 10.5. The number of likely N-dealkylation sites (N-methyl/N-ethyl adjacent to an activating group) is 1. The maximum atomic E-state index is 5.36. The molecule has 2 rings (SSSR count). The fraction of sp³-hybridized carbons (Fsp3) is 0.611. The van der Waals surface area contributed by atoms with Crippen LogP contribution in [0.4, 0.5) is 0 Å². The minimum absolute atomic E-state index is 0. The fourth-order valence-electron chi connectivity index (χ4n) is 2.72. The molecule has 1 saturated heterocycles. The van der Waals surface area contributed by atoms with E-state index in [9.17, 15) is 0 Å². The van der Waals surface area contributed by atoms with Gasteiger partial charge >= 0.3 is 0 Å². The Labute approximate surface area is 169 Å². The van der Waals surface area contributed by atoms with Crippen LogP contribution in [0.15, 0.2) is 35.3 Å². The second-order valence-electron chi connectivity index (χ2n) is 6.10. The molecular weight excluding hydrogens is 429 g/mol. The predicted molar refractivity (Wildman–Crippen MR) is 115 cm³/mol. The molecule has 0 aromatic heterocycles. The van der Waals surface area contributed by atoms with Crippen molar-refractivity contribution < 1.29 is 4.74 Å². The maximum Gasteiger partial charge on any atom is 0.191 e. The molecule has 142 valence electrons. The highest BCUT2D eigenvalue weighted by atomic mass is 127. The molecule has 1 aliphatic rings. The SMILES string of the molecule is CN=C(NCCN(C)Cc1ccccc1)NCCN1CCOCC1.I. The zero-order valence-electron chi connectivity index (χ0n) is 15.4. The Balaban J connectivity index is 0.00000312. The van der Waals surface area contributed by atoms with Crippen LogP contribution in [-0.4, -0.2) is 82.3 Å². The lowest BCUT2D eigenvalue weighted by Crippen LogP contribution is -2.45. The normalized spacial score (nSPS) is 15.7. The molecule has 0 unspecified atom stereocenters. The summed E-state index contributed by atoms with van der Waals surface area (Å²) in [5.74, 6) is 0.872. The maximum absolute atomic E-state index is 5.36. The van der Waals surface area contributed by atoms with E-state index >= 15 is 0 Å². The molecule has 25 heavy (non-hydrogen) atoms. The first-order chi connectivity index (χ1) is 11.8. The van der Waals surface area contributed by atoms with E-state index in [1.54, 1.807) is 0 Å². The lowest BCUT2D eigenvalue weighted by atomic mass is 10.2. The second kappa shape index (κ2) is 13.3. The molecule has 1 fully saturated rings. The largest absolute Gasteiger partial charge is 0.379 e. The van der Waals surface area contributed by atoms with Gasteiger partial charge in [-0.1, -0.05) is 30.3 Å². The van der Waals surface area contributed by atoms with Crippen molar-refractivity contribution in [3.63, 3.8) is 0 Å². The number of benzene rings is 1. The molecule has 0 radical (unpaired) electrons. The highest BCUT2D eigenvalue weighted by Gasteiger charge is 2.09. The van der Waals surface area contributed by atoms with Crippen LogP contribution in [0.25, 0.3) is 0 Å². The summed E-state index contributed by atoms with van der Waals surface area (Å²) in [7, 11) is 3.96. The molecule has 0 bridgehead atoms. The Hall–Kier alpha value is -0.900. The molecule has 0 saturated carbocycles. The average molecular weight is 461 g/mol. The van der Waals surface area contributed by atoms with Crippen LogP contribution in [0.5, 0.6) is 0 Å². The van der Waals surface area contributed by atoms with E-state index in [2.05, 4.69) is 62.8 Å². The topological polar surface area (TPSA) is 52.1 Å². The summed E-state index contributed by atoms with van der Waals surface area (Å²) < 4.78 is 5.36. The van der Waals surface area contributed by atoms with Crippen molar-refractivity contribution in [3.8, 4) is 0 Å². The lowest BCUT2D eigenvalue weighted by molar-refractivity contribution is 0.0389. The van der Waals surface area contributed by atoms with Crippen molar-refractivity contribution in [2.24, 2.45) is 4.99 Å². The van der Waals surface area contributed by atoms with Gasteiger partial charge in [-0.3, -0.25) is 9.89 Å². The molecule has 2 N–H and O–H groups in total. The van der Waals surface area contributed by atoms with E-state index in [1.165, 1.54) is 5.56 Å². The fourth-order valence-corrected chi connectivity index (χ4v) is 2.72. The van der Waals surface area contributed by atoms with Crippen molar-refractivity contribution in [1.82, 2.24) is 20.4 Å². The number of halogens is 1. The van der Waals surface area contributed by atoms with Crippen LogP contribution < -0.4 is 10.6 Å². The molecule has 1 aromatic rings. The Bertz CT molecular complexity index is 480. The molecule has 0 atom stereocenters. The number of guanidine groups is 1. The highest BCUT2D eigenvalue weighted by Crippen LogP contribution is 2.01. The van der Waals surface area contributed by atoms with E-state index < -0.39 is 0 Å². The van der Waals surface area contributed by atoms with E-state index in [-0.39, 0.29) is 24.0 Å². The monoisotopic (exact) mass is 461 g/mol. The van der Waals surface area contributed by atoms with E-state index in [1.807, 2.05) is 7.05 Å². The quantitative estimate of drug-likeness (QED) is 0.347. The van der Waals surface area contributed by atoms with Gasteiger partial charge in [0.05, 0.1) is 13.2 Å². The van der Waals surface area contributed by atoms with Gasteiger partial charge in [-0.2, -0.15) is 0 Å². The summed E-state index contributed by atoms with van der Waals surface area (Å²) in [5.41, 5.74) is 1.34. The number of hydrogen-bond donors (Lipinski definition) is 2. The Morgan fingerprint density at radius 3 is 2.52 bits per heavy atom. The summed E-state index contributed by atoms with van der Waals surface area (Å²) >= 11 is 0. The number of morpholine rings is 1. The van der Waals surface area contributed by atoms with Gasteiger partial charge in [-0.15, -0.1) is 24.0 Å². The Morgan fingerprint density at radius 1 is 1.16 bits per heavy atom. The zero-order valence-corrected chi connectivity index (χ0v) is 17.7. The first kappa shape index (κ1) is 22.1. The number of rotatable bonds is 8. The number of aliphatic imine (C=N–C) groups is 1. The van der Waals surface area contributed by atoms with E-state index in [0.29, 0.717) is 0 Å². The molecule has 7 heteroatoms. The molecule has 1 aromatic carbocycles. The van der Waals surface area contributed by atoms with Gasteiger partial charge in [-0.05, 0) is 12.6 Å². The van der Waals surface area contributed by atoms with Crippen LogP contribution in [0.3, 0.4) is 0 Å². The number of hydrogen-bond acceptors (Lipinski definition) is 4. The van der Waals surface area contributed by atoms with E-state index in [4.69, 9.17) is 4.74 Å². The number of nitrogens with one attached hydrogen (secondary N) is 2. The third kappa shape index (κ3) is 9.39. The smallest absolute Gasteiger partial charge is 0.191 e. The highest BCUT2D eigenvalue weighted by molar-refractivity contribution is 14.0. The number of nitrogens with zero attached hydrogens (tertiary/aromatic N) is 3. The van der Waals surface area contributed by atoms with Gasteiger partial charge in [0.15, 0.2) is 5.96 Å². The summed E-state index contributed by atoms with van der Waals surface area (Å²) in [4.78, 5) is 9.01. The molecular formula is C18H32IN5O. The van der Waals surface area contributed by atoms with Crippen LogP contribution in [0.1, 0.15) is 5.56 Å². The molecule has 0 amide bonds. The zero-order chi connectivity index (χ0) is 17.0. The predicted octanol–water partition coefficient (Wildman–Crippen LogP) is 1.23. The first-order valence-electron chi connectivity index (χ1n) is 8.75. The van der Waals surface area contributed by atoms with Crippen LogP contribution >= 0.6 is 24.0 Å². The van der Waals surface area contributed by atoms with Gasteiger partial charge < -0.3 is 20.3 Å². The first-order valence-corrected chi connectivity index (χ1v) is 8.75. The third-order valence-electron chi connectivity index (χ3n) is 4.13. The Kier molecular flexibility index (Phi) is 11.8. The summed E-state index contributed by atoms with van der Waals surface area (Å²) in [6.45, 7) is 8.49. The Morgan fingerprint density at radius 2 is 1.84 bits per heavy atom. The molecule has 6 nitrogen and oxygen atoms in total. The summed E-state index contributed by atoms with van der Waals surface area (Å²) in [5, 5.41) is 6.76. The van der Waals surface area contributed by atoms with Crippen molar-refractivity contribution >= 4 is 29.9 Å². The van der Waals surface area contributed by atoms with Gasteiger partial charge in [0, 0.05) is 52.9 Å². The van der Waals surface area contributed by atoms with Gasteiger partial charge in [0.25, 0.3) is 0 Å². The van der Waals surface area contributed by atoms with Crippen molar-refractivity contribution in [2.75, 3.05) is 66.6 Å². The minimum Gasteiger partial charge on any atom is -0.379 e. The van der Waals surface area contributed by atoms with Crippen LogP contribution in [-0.2, 0) is 11.3 Å². The molecule has 1 aliphatic heterocycles. The molecule has 1 heterocycles. The van der Waals surface area contributed by atoms with Crippen molar-refractivity contribution in [1.29, 1.82) is 0 Å². The van der Waals surface area contributed by atoms with Gasteiger partial charge in [0.2, 0.25) is 0 Å².